The highest BCUT2D eigenvalue weighted by atomic mass is 32.1. The normalized spacial score (nSPS) is 11.2. The predicted molar refractivity (Wildman–Crippen MR) is 65.8 cm³/mol. The van der Waals surface area contributed by atoms with E-state index in [2.05, 4.69) is 24.1 Å². The molecule has 0 aliphatic rings. The van der Waals surface area contributed by atoms with Crippen LogP contribution in [-0.2, 0) is 4.79 Å². The number of aromatic nitrogens is 2. The van der Waals surface area contributed by atoms with E-state index in [0.29, 0.717) is 18.3 Å². The van der Waals surface area contributed by atoms with Crippen LogP contribution >= 0.6 is 11.3 Å². The van der Waals surface area contributed by atoms with Gasteiger partial charge in [0, 0.05) is 18.0 Å². The van der Waals surface area contributed by atoms with Gasteiger partial charge in [0.1, 0.15) is 4.83 Å². The van der Waals surface area contributed by atoms with E-state index in [-0.39, 0.29) is 5.91 Å². The maximum Gasteiger partial charge on any atom is 0.226 e. The Hall–Kier alpha value is -1.36. The van der Waals surface area contributed by atoms with Crippen molar-refractivity contribution in [2.45, 2.75) is 26.7 Å². The summed E-state index contributed by atoms with van der Waals surface area (Å²) >= 11 is 1.60. The van der Waals surface area contributed by atoms with E-state index < -0.39 is 0 Å². The molecular weight excluding hydrogens is 222 g/mol. The molecule has 1 amide bonds. The molecule has 1 N–H and O–H groups in total. The van der Waals surface area contributed by atoms with Crippen LogP contribution in [0.25, 0.3) is 4.83 Å². The van der Waals surface area contributed by atoms with Crippen molar-refractivity contribution >= 4 is 28.0 Å². The molecule has 0 unspecified atom stereocenters. The molecule has 0 aliphatic heterocycles. The van der Waals surface area contributed by atoms with Gasteiger partial charge < -0.3 is 0 Å². The molecule has 4 nitrogen and oxygen atoms in total. The minimum absolute atomic E-state index is 0.0346. The van der Waals surface area contributed by atoms with Gasteiger partial charge in [0.15, 0.2) is 0 Å². The van der Waals surface area contributed by atoms with E-state index in [1.807, 2.05) is 16.0 Å². The van der Waals surface area contributed by atoms with Crippen molar-refractivity contribution in [3.63, 3.8) is 0 Å². The third-order valence-corrected chi connectivity index (χ3v) is 3.16. The van der Waals surface area contributed by atoms with Crippen LogP contribution in [0.5, 0.6) is 0 Å². The number of anilines is 1. The molecule has 0 aliphatic carbocycles. The average Bonchev–Trinajstić information content (AvgIpc) is 2.80. The first kappa shape index (κ1) is 11.1. The molecule has 0 saturated carbocycles. The summed E-state index contributed by atoms with van der Waals surface area (Å²) in [6.07, 6.45) is 5.13. The Labute approximate surface area is 98.3 Å². The minimum Gasteiger partial charge on any atom is -0.296 e. The molecule has 5 heteroatoms. The van der Waals surface area contributed by atoms with E-state index in [9.17, 15) is 4.79 Å². The van der Waals surface area contributed by atoms with Crippen molar-refractivity contribution < 1.29 is 4.79 Å². The number of nitrogens with one attached hydrogen (secondary N) is 1. The zero-order valence-electron chi connectivity index (χ0n) is 9.43. The van der Waals surface area contributed by atoms with Crippen molar-refractivity contribution in [2.24, 2.45) is 5.92 Å². The minimum atomic E-state index is 0.0346. The summed E-state index contributed by atoms with van der Waals surface area (Å²) in [7, 11) is 0. The Balaban J connectivity index is 1.99. The maximum absolute atomic E-state index is 11.6. The number of nitrogens with zero attached hydrogens (tertiary/aromatic N) is 2. The second-order valence-electron chi connectivity index (χ2n) is 4.17. The van der Waals surface area contributed by atoms with Crippen molar-refractivity contribution in [3.05, 3.63) is 17.8 Å². The lowest BCUT2D eigenvalue weighted by atomic mass is 10.1. The topological polar surface area (TPSA) is 46.4 Å². The summed E-state index contributed by atoms with van der Waals surface area (Å²) in [5, 5.41) is 4.80. The number of imidazole rings is 1. The molecule has 86 valence electrons. The van der Waals surface area contributed by atoms with Crippen LogP contribution in [0, 0.1) is 5.92 Å². The van der Waals surface area contributed by atoms with Crippen LogP contribution in [0.2, 0.25) is 0 Å². The van der Waals surface area contributed by atoms with Gasteiger partial charge in [-0.1, -0.05) is 13.8 Å². The Morgan fingerprint density at radius 2 is 2.44 bits per heavy atom. The fourth-order valence-electron chi connectivity index (χ4n) is 1.44. The number of amides is 1. The number of hydrogen-bond acceptors (Lipinski definition) is 3. The van der Waals surface area contributed by atoms with E-state index in [1.54, 1.807) is 17.5 Å². The van der Waals surface area contributed by atoms with Crippen LogP contribution in [-0.4, -0.2) is 15.3 Å². The number of thiazole rings is 1. The molecule has 0 atom stereocenters. The van der Waals surface area contributed by atoms with Gasteiger partial charge in [-0.25, -0.2) is 4.98 Å². The van der Waals surface area contributed by atoms with Crippen molar-refractivity contribution in [1.82, 2.24) is 9.38 Å². The first-order chi connectivity index (χ1) is 7.66. The monoisotopic (exact) mass is 237 g/mol. The number of carbonyl (C=O) groups is 1. The molecule has 2 aromatic heterocycles. The van der Waals surface area contributed by atoms with Crippen molar-refractivity contribution in [2.75, 3.05) is 5.32 Å². The van der Waals surface area contributed by atoms with Crippen LogP contribution in [0.15, 0.2) is 17.8 Å². The van der Waals surface area contributed by atoms with Gasteiger partial charge >= 0.3 is 0 Å². The smallest absolute Gasteiger partial charge is 0.226 e. The standard InChI is InChI=1S/C11H15N3OS/c1-8(2)3-4-9(15)13-11-12-7-10-14(11)5-6-16-10/h5-8H,3-4H2,1-2H3,(H,12,13,15). The quantitative estimate of drug-likeness (QED) is 0.888. The highest BCUT2D eigenvalue weighted by molar-refractivity contribution is 7.15. The SMILES string of the molecule is CC(C)CCC(=O)Nc1ncc2sccn12. The van der Waals surface area contributed by atoms with Crippen LogP contribution in [0.1, 0.15) is 26.7 Å². The van der Waals surface area contributed by atoms with Gasteiger partial charge in [-0.2, -0.15) is 0 Å². The zero-order valence-corrected chi connectivity index (χ0v) is 10.3. The summed E-state index contributed by atoms with van der Waals surface area (Å²) in [5.74, 6) is 1.20. The highest BCUT2D eigenvalue weighted by Crippen LogP contribution is 2.16. The van der Waals surface area contributed by atoms with E-state index in [0.717, 1.165) is 11.3 Å². The third kappa shape index (κ3) is 2.41. The molecule has 2 aromatic rings. The number of fused-ring (bicyclic) bond motifs is 1. The Morgan fingerprint density at radius 3 is 3.19 bits per heavy atom. The largest absolute Gasteiger partial charge is 0.296 e. The molecular formula is C11H15N3OS. The lowest BCUT2D eigenvalue weighted by Gasteiger charge is -2.04. The summed E-state index contributed by atoms with van der Waals surface area (Å²) in [6.45, 7) is 4.22. The molecule has 0 saturated heterocycles. The van der Waals surface area contributed by atoms with Gasteiger partial charge in [-0.15, -0.1) is 11.3 Å². The first-order valence-electron chi connectivity index (χ1n) is 5.37. The average molecular weight is 237 g/mol. The fourth-order valence-corrected chi connectivity index (χ4v) is 2.13. The van der Waals surface area contributed by atoms with Crippen molar-refractivity contribution in [1.29, 1.82) is 0 Å². The van der Waals surface area contributed by atoms with E-state index >= 15 is 0 Å². The van der Waals surface area contributed by atoms with Crippen LogP contribution < -0.4 is 5.32 Å². The summed E-state index contributed by atoms with van der Waals surface area (Å²) in [6, 6.07) is 0. The predicted octanol–water partition coefficient (Wildman–Crippen LogP) is 2.77. The molecule has 0 fully saturated rings. The number of rotatable bonds is 4. The molecule has 0 bridgehead atoms. The first-order valence-corrected chi connectivity index (χ1v) is 6.25. The second kappa shape index (κ2) is 4.65. The van der Waals surface area contributed by atoms with Gasteiger partial charge in [0.2, 0.25) is 11.9 Å². The third-order valence-electron chi connectivity index (χ3n) is 2.36. The molecule has 0 radical (unpaired) electrons. The van der Waals surface area contributed by atoms with Gasteiger partial charge in [0.05, 0.1) is 6.20 Å². The fraction of sp³-hybridized carbons (Fsp3) is 0.455. The Morgan fingerprint density at radius 1 is 1.62 bits per heavy atom. The number of hydrogen-bond donors (Lipinski definition) is 1. The summed E-state index contributed by atoms with van der Waals surface area (Å²) in [5.41, 5.74) is 0. The van der Waals surface area contributed by atoms with Crippen molar-refractivity contribution in [3.8, 4) is 0 Å². The molecule has 0 spiro atoms. The number of carbonyl (C=O) groups excluding carboxylic acids is 1. The van der Waals surface area contributed by atoms with Gasteiger partial charge in [-0.3, -0.25) is 14.5 Å². The molecule has 2 heterocycles. The Bertz CT molecular complexity index is 486. The van der Waals surface area contributed by atoms with Crippen LogP contribution in [0.4, 0.5) is 5.95 Å². The Kier molecular flexibility index (Phi) is 3.24. The molecule has 2 rings (SSSR count). The van der Waals surface area contributed by atoms with Gasteiger partial charge in [-0.05, 0) is 12.3 Å². The van der Waals surface area contributed by atoms with E-state index in [1.165, 1.54) is 0 Å². The summed E-state index contributed by atoms with van der Waals surface area (Å²) in [4.78, 5) is 16.8. The van der Waals surface area contributed by atoms with E-state index in [4.69, 9.17) is 0 Å². The lowest BCUT2D eigenvalue weighted by molar-refractivity contribution is -0.116. The highest BCUT2D eigenvalue weighted by Gasteiger charge is 2.08. The van der Waals surface area contributed by atoms with Gasteiger partial charge in [0.25, 0.3) is 0 Å². The lowest BCUT2D eigenvalue weighted by Crippen LogP contribution is -2.14. The summed E-state index contributed by atoms with van der Waals surface area (Å²) < 4.78 is 1.89. The molecule has 0 aromatic carbocycles. The molecule has 16 heavy (non-hydrogen) atoms. The zero-order chi connectivity index (χ0) is 11.5. The van der Waals surface area contributed by atoms with Crippen LogP contribution in [0.3, 0.4) is 0 Å². The maximum atomic E-state index is 11.6. The second-order valence-corrected chi connectivity index (χ2v) is 5.10.